The van der Waals surface area contributed by atoms with E-state index in [9.17, 15) is 4.79 Å². The second-order valence-corrected chi connectivity index (χ2v) is 7.85. The minimum Gasteiger partial charge on any atom is -0.293 e. The zero-order chi connectivity index (χ0) is 18.1. The summed E-state index contributed by atoms with van der Waals surface area (Å²) in [7, 11) is 0. The number of nitrogens with zero attached hydrogens (tertiary/aromatic N) is 4. The van der Waals surface area contributed by atoms with Crippen LogP contribution in [0.4, 0.5) is 0 Å². The molecular formula is C20H20N4OS. The molecule has 6 heteroatoms. The fraction of sp³-hybridized carbons (Fsp3) is 0.300. The van der Waals surface area contributed by atoms with Crippen LogP contribution in [-0.2, 0) is 0 Å². The van der Waals surface area contributed by atoms with Crippen molar-refractivity contribution >= 4 is 17.5 Å². The number of benzene rings is 2. The number of carbonyl (C=O) groups excluding carboxylic acids is 1. The highest BCUT2D eigenvalue weighted by atomic mass is 32.2. The summed E-state index contributed by atoms with van der Waals surface area (Å²) in [5, 5.41) is 12.4. The van der Waals surface area contributed by atoms with Crippen LogP contribution in [0, 0.1) is 13.8 Å². The van der Waals surface area contributed by atoms with Crippen molar-refractivity contribution in [2.75, 3.05) is 0 Å². The Labute approximate surface area is 156 Å². The molecule has 0 saturated heterocycles. The van der Waals surface area contributed by atoms with Crippen LogP contribution in [0.5, 0.6) is 0 Å². The standard InChI is InChI=1S/C20H20N4OS/c1-13-3-7-15(8-4-13)18(25)19(16-9-5-14(2)6-10-16)26-20-21-22-23-24(20)17-11-12-17/h3-10,17,19H,11-12H2,1-2H3/t19-/m0/s1. The lowest BCUT2D eigenvalue weighted by Gasteiger charge is -2.16. The number of aromatic nitrogens is 4. The van der Waals surface area contributed by atoms with E-state index in [2.05, 4.69) is 15.5 Å². The first-order valence-corrected chi connectivity index (χ1v) is 9.62. The molecule has 0 bridgehead atoms. The number of carbonyl (C=O) groups is 1. The maximum atomic E-state index is 13.3. The Kier molecular flexibility index (Phi) is 4.59. The molecule has 1 atom stereocenters. The Morgan fingerprint density at radius 1 is 1.04 bits per heavy atom. The Morgan fingerprint density at radius 3 is 2.27 bits per heavy atom. The number of ketones is 1. The van der Waals surface area contributed by atoms with Crippen molar-refractivity contribution in [1.82, 2.24) is 20.2 Å². The summed E-state index contributed by atoms with van der Waals surface area (Å²) in [6, 6.07) is 16.2. The monoisotopic (exact) mass is 364 g/mol. The lowest BCUT2D eigenvalue weighted by atomic mass is 10.0. The molecule has 0 unspecified atom stereocenters. The first-order valence-electron chi connectivity index (χ1n) is 8.74. The molecule has 4 rings (SSSR count). The SMILES string of the molecule is Cc1ccc(C(=O)[C@@H](Sc2nnnn2C2CC2)c2ccc(C)cc2)cc1. The molecule has 132 valence electrons. The molecule has 2 aromatic carbocycles. The van der Waals surface area contributed by atoms with Crippen LogP contribution in [0.25, 0.3) is 0 Å². The molecule has 1 aliphatic rings. The third-order valence-corrected chi connectivity index (χ3v) is 5.73. The van der Waals surface area contributed by atoms with Gasteiger partial charge in [-0.1, -0.05) is 71.4 Å². The summed E-state index contributed by atoms with van der Waals surface area (Å²) < 4.78 is 1.86. The zero-order valence-electron chi connectivity index (χ0n) is 14.8. The second kappa shape index (κ2) is 7.03. The Hall–Kier alpha value is -2.47. The number of tetrazole rings is 1. The Balaban J connectivity index is 1.68. The summed E-state index contributed by atoms with van der Waals surface area (Å²) in [5.41, 5.74) is 3.98. The molecule has 1 heterocycles. The van der Waals surface area contributed by atoms with E-state index in [1.165, 1.54) is 17.3 Å². The Bertz CT molecular complexity index is 914. The summed E-state index contributed by atoms with van der Waals surface area (Å²) in [6.07, 6.45) is 2.19. The van der Waals surface area contributed by atoms with Crippen LogP contribution in [0.15, 0.2) is 53.7 Å². The van der Waals surface area contributed by atoms with Gasteiger partial charge in [0, 0.05) is 5.56 Å². The second-order valence-electron chi connectivity index (χ2n) is 6.78. The first kappa shape index (κ1) is 17.0. The summed E-state index contributed by atoms with van der Waals surface area (Å²) >= 11 is 1.43. The van der Waals surface area contributed by atoms with E-state index in [1.807, 2.05) is 67.1 Å². The first-order chi connectivity index (χ1) is 12.6. The van der Waals surface area contributed by atoms with Gasteiger partial charge in [-0.3, -0.25) is 4.79 Å². The molecule has 3 aromatic rings. The minimum absolute atomic E-state index is 0.0733. The fourth-order valence-electron chi connectivity index (χ4n) is 2.80. The molecule has 1 aromatic heterocycles. The van der Waals surface area contributed by atoms with Gasteiger partial charge in [0.25, 0.3) is 0 Å². The molecule has 1 fully saturated rings. The number of hydrogen-bond acceptors (Lipinski definition) is 5. The van der Waals surface area contributed by atoms with Crippen LogP contribution in [0.1, 0.15) is 51.2 Å². The zero-order valence-corrected chi connectivity index (χ0v) is 15.6. The normalized spacial score (nSPS) is 15.0. The highest BCUT2D eigenvalue weighted by Crippen LogP contribution is 2.41. The van der Waals surface area contributed by atoms with Crippen molar-refractivity contribution in [3.63, 3.8) is 0 Å². The van der Waals surface area contributed by atoms with Crippen LogP contribution >= 0.6 is 11.8 Å². The van der Waals surface area contributed by atoms with Gasteiger partial charge in [0.1, 0.15) is 5.25 Å². The van der Waals surface area contributed by atoms with Gasteiger partial charge < -0.3 is 0 Å². The molecule has 1 saturated carbocycles. The highest BCUT2D eigenvalue weighted by molar-refractivity contribution is 8.00. The summed E-state index contributed by atoms with van der Waals surface area (Å²) in [6.45, 7) is 4.06. The van der Waals surface area contributed by atoms with Gasteiger partial charge >= 0.3 is 0 Å². The van der Waals surface area contributed by atoms with Gasteiger partial charge in [0.15, 0.2) is 5.78 Å². The molecular weight excluding hydrogens is 344 g/mol. The molecule has 0 N–H and O–H groups in total. The van der Waals surface area contributed by atoms with Gasteiger partial charge in [0.2, 0.25) is 5.16 Å². The molecule has 0 amide bonds. The van der Waals surface area contributed by atoms with Gasteiger partial charge in [0.05, 0.1) is 6.04 Å². The van der Waals surface area contributed by atoms with Crippen molar-refractivity contribution in [2.45, 2.75) is 43.1 Å². The van der Waals surface area contributed by atoms with E-state index in [1.54, 1.807) is 0 Å². The van der Waals surface area contributed by atoms with Crippen molar-refractivity contribution in [2.24, 2.45) is 0 Å². The number of aryl methyl sites for hydroxylation is 2. The highest BCUT2D eigenvalue weighted by Gasteiger charge is 2.31. The lowest BCUT2D eigenvalue weighted by Crippen LogP contribution is -2.11. The maximum absolute atomic E-state index is 13.3. The number of rotatable bonds is 6. The van der Waals surface area contributed by atoms with E-state index >= 15 is 0 Å². The van der Waals surface area contributed by atoms with Crippen molar-refractivity contribution in [1.29, 1.82) is 0 Å². The third kappa shape index (κ3) is 3.55. The fourth-order valence-corrected chi connectivity index (χ4v) is 3.92. The molecule has 0 aliphatic heterocycles. The van der Waals surface area contributed by atoms with E-state index in [0.29, 0.717) is 16.8 Å². The van der Waals surface area contributed by atoms with Crippen LogP contribution in [0.3, 0.4) is 0 Å². The Morgan fingerprint density at radius 2 is 1.65 bits per heavy atom. The smallest absolute Gasteiger partial charge is 0.210 e. The quantitative estimate of drug-likeness (QED) is 0.481. The van der Waals surface area contributed by atoms with Crippen molar-refractivity contribution in [3.8, 4) is 0 Å². The number of thioether (sulfide) groups is 1. The van der Waals surface area contributed by atoms with E-state index in [4.69, 9.17) is 0 Å². The third-order valence-electron chi connectivity index (χ3n) is 4.53. The van der Waals surface area contributed by atoms with E-state index < -0.39 is 0 Å². The van der Waals surface area contributed by atoms with Crippen LogP contribution in [0.2, 0.25) is 0 Å². The van der Waals surface area contributed by atoms with Gasteiger partial charge in [-0.2, -0.15) is 0 Å². The number of hydrogen-bond donors (Lipinski definition) is 0. The largest absolute Gasteiger partial charge is 0.293 e. The molecule has 5 nitrogen and oxygen atoms in total. The minimum atomic E-state index is -0.373. The molecule has 1 aliphatic carbocycles. The van der Waals surface area contributed by atoms with Gasteiger partial charge in [-0.05, 0) is 42.7 Å². The van der Waals surface area contributed by atoms with Crippen molar-refractivity contribution < 1.29 is 4.79 Å². The molecule has 26 heavy (non-hydrogen) atoms. The van der Waals surface area contributed by atoms with Crippen LogP contribution in [-0.4, -0.2) is 26.0 Å². The van der Waals surface area contributed by atoms with Crippen molar-refractivity contribution in [3.05, 3.63) is 70.8 Å². The summed E-state index contributed by atoms with van der Waals surface area (Å²) in [5.74, 6) is 0.0733. The lowest BCUT2D eigenvalue weighted by molar-refractivity contribution is 0.0989. The predicted molar refractivity (Wildman–Crippen MR) is 101 cm³/mol. The molecule has 0 spiro atoms. The average molecular weight is 364 g/mol. The van der Waals surface area contributed by atoms with Gasteiger partial charge in [-0.15, -0.1) is 5.10 Å². The topological polar surface area (TPSA) is 60.7 Å². The predicted octanol–water partition coefficient (Wildman–Crippen LogP) is 4.34. The average Bonchev–Trinajstić information content (AvgIpc) is 3.39. The molecule has 0 radical (unpaired) electrons. The summed E-state index contributed by atoms with van der Waals surface area (Å²) in [4.78, 5) is 13.3. The van der Waals surface area contributed by atoms with E-state index in [-0.39, 0.29) is 11.0 Å². The number of Topliss-reactive ketones (excluding diaryl/α,β-unsaturated/α-hetero) is 1. The maximum Gasteiger partial charge on any atom is 0.210 e. The van der Waals surface area contributed by atoms with Gasteiger partial charge in [-0.25, -0.2) is 4.68 Å². The van der Waals surface area contributed by atoms with Crippen LogP contribution < -0.4 is 0 Å². The van der Waals surface area contributed by atoms with E-state index in [0.717, 1.165) is 24.0 Å².